The largest absolute Gasteiger partial charge is 0.347 e. The van der Waals surface area contributed by atoms with Crippen molar-refractivity contribution >= 4 is 7.37 Å². The summed E-state index contributed by atoms with van der Waals surface area (Å²) in [6.45, 7) is 3.44. The summed E-state index contributed by atoms with van der Waals surface area (Å²) < 4.78 is 10.9. The Labute approximate surface area is 62.1 Å². The van der Waals surface area contributed by atoms with Crippen molar-refractivity contribution < 1.29 is 15.2 Å². The van der Waals surface area contributed by atoms with Gasteiger partial charge in [0.1, 0.15) is 0 Å². The Morgan fingerprint density at radius 3 is 2.50 bits per heavy atom. The quantitative estimate of drug-likeness (QED) is 0.602. The molecule has 0 aliphatic heterocycles. The number of hydrogen-bond donors (Lipinski definition) is 2. The predicted octanol–water partition coefficient (Wildman–Crippen LogP) is 0.645. The molecule has 2 atom stereocenters. The van der Waals surface area contributed by atoms with E-state index < -0.39 is 7.37 Å². The molecule has 2 unspecified atom stereocenters. The standard InChI is InChI=1S/C6H16NO2P/c1-3-4-5-6(7)10(2,8)9/h6H,3-5,7H2,1-2H3,(H,8,9)/p+1. The molecule has 0 amide bonds. The molecule has 0 aliphatic carbocycles. The molecule has 0 rings (SSSR count). The lowest BCUT2D eigenvalue weighted by Gasteiger charge is -2.10. The van der Waals surface area contributed by atoms with E-state index in [0.29, 0.717) is 0 Å². The van der Waals surface area contributed by atoms with Gasteiger partial charge in [0.15, 0.2) is 5.78 Å². The number of unbranched alkanes of at least 4 members (excludes halogenated alkanes) is 1. The zero-order valence-electron chi connectivity index (χ0n) is 6.71. The molecule has 0 aliphatic rings. The zero-order chi connectivity index (χ0) is 8.20. The summed E-state index contributed by atoms with van der Waals surface area (Å²) in [7, 11) is -2.90. The first kappa shape index (κ1) is 10.2. The summed E-state index contributed by atoms with van der Waals surface area (Å²) in [5.74, 6) is -0.271. The Kier molecular flexibility index (Phi) is 4.18. The molecule has 0 spiro atoms. The summed E-state index contributed by atoms with van der Waals surface area (Å²) in [5.41, 5.74) is 3.63. The molecule has 0 radical (unpaired) electrons. The fourth-order valence-corrected chi connectivity index (χ4v) is 1.34. The summed E-state index contributed by atoms with van der Waals surface area (Å²) >= 11 is 0. The topological polar surface area (TPSA) is 64.9 Å². The molecule has 4 N–H and O–H groups in total. The Morgan fingerprint density at radius 1 is 1.70 bits per heavy atom. The summed E-state index contributed by atoms with van der Waals surface area (Å²) in [6.07, 6.45) is 2.82. The molecule has 0 aromatic heterocycles. The molecule has 0 aromatic carbocycles. The van der Waals surface area contributed by atoms with Gasteiger partial charge in [0.25, 0.3) is 7.37 Å². The van der Waals surface area contributed by atoms with Gasteiger partial charge in [-0.15, -0.1) is 0 Å². The van der Waals surface area contributed by atoms with Gasteiger partial charge in [-0.3, -0.25) is 4.57 Å². The molecule has 10 heavy (non-hydrogen) atoms. The average molecular weight is 166 g/mol. The first-order chi connectivity index (χ1) is 4.48. The van der Waals surface area contributed by atoms with Crippen LogP contribution in [0, 0.1) is 0 Å². The molecule has 62 valence electrons. The molecule has 0 aromatic rings. The lowest BCUT2D eigenvalue weighted by Crippen LogP contribution is -2.60. The molecule has 0 saturated heterocycles. The second-order valence-corrected chi connectivity index (χ2v) is 5.36. The minimum Gasteiger partial charge on any atom is -0.347 e. The van der Waals surface area contributed by atoms with E-state index in [1.807, 2.05) is 0 Å². The number of rotatable bonds is 4. The van der Waals surface area contributed by atoms with Gasteiger partial charge in [0.2, 0.25) is 0 Å². The molecular formula is C6H17NO2P+. The van der Waals surface area contributed by atoms with Crippen molar-refractivity contribution in [1.82, 2.24) is 0 Å². The van der Waals surface area contributed by atoms with E-state index in [2.05, 4.69) is 12.7 Å². The van der Waals surface area contributed by atoms with E-state index in [-0.39, 0.29) is 5.78 Å². The third kappa shape index (κ3) is 4.04. The predicted molar refractivity (Wildman–Crippen MR) is 42.0 cm³/mol. The van der Waals surface area contributed by atoms with Crippen molar-refractivity contribution in [3.63, 3.8) is 0 Å². The normalized spacial score (nSPS) is 20.0. The highest BCUT2D eigenvalue weighted by molar-refractivity contribution is 7.57. The maximum Gasteiger partial charge on any atom is 0.253 e. The third-order valence-corrected chi connectivity index (χ3v) is 3.18. The molecule has 3 nitrogen and oxygen atoms in total. The Morgan fingerprint density at radius 2 is 2.20 bits per heavy atom. The summed E-state index contributed by atoms with van der Waals surface area (Å²) in [4.78, 5) is 9.01. The van der Waals surface area contributed by atoms with Crippen LogP contribution in [0.25, 0.3) is 0 Å². The highest BCUT2D eigenvalue weighted by Gasteiger charge is 2.23. The van der Waals surface area contributed by atoms with Crippen molar-refractivity contribution in [3.05, 3.63) is 0 Å². The zero-order valence-corrected chi connectivity index (χ0v) is 7.60. The highest BCUT2D eigenvalue weighted by atomic mass is 31.2. The third-order valence-electron chi connectivity index (χ3n) is 1.57. The maximum absolute atomic E-state index is 10.9. The Bertz CT molecular complexity index is 132. The van der Waals surface area contributed by atoms with Gasteiger partial charge in [-0.05, 0) is 6.42 Å². The molecule has 0 bridgehead atoms. The van der Waals surface area contributed by atoms with E-state index in [1.165, 1.54) is 6.66 Å². The molecular weight excluding hydrogens is 149 g/mol. The van der Waals surface area contributed by atoms with Gasteiger partial charge < -0.3 is 10.6 Å². The van der Waals surface area contributed by atoms with Crippen LogP contribution in [0.3, 0.4) is 0 Å². The molecule has 0 saturated carbocycles. The van der Waals surface area contributed by atoms with Crippen molar-refractivity contribution in [2.75, 3.05) is 6.66 Å². The molecule has 4 heteroatoms. The fourth-order valence-electron chi connectivity index (χ4n) is 0.679. The first-order valence-corrected chi connectivity index (χ1v) is 5.79. The van der Waals surface area contributed by atoms with Gasteiger partial charge in [-0.2, -0.15) is 0 Å². The lowest BCUT2D eigenvalue weighted by atomic mass is 10.2. The van der Waals surface area contributed by atoms with Gasteiger partial charge >= 0.3 is 0 Å². The fraction of sp³-hybridized carbons (Fsp3) is 1.00. The number of quaternary nitrogens is 1. The Balaban J connectivity index is 3.63. The minimum atomic E-state index is -2.90. The van der Waals surface area contributed by atoms with Crippen LogP contribution in [0.4, 0.5) is 0 Å². The van der Waals surface area contributed by atoms with E-state index >= 15 is 0 Å². The Hall–Kier alpha value is 0.150. The molecule has 0 heterocycles. The van der Waals surface area contributed by atoms with Crippen molar-refractivity contribution in [2.24, 2.45) is 0 Å². The van der Waals surface area contributed by atoms with Crippen LogP contribution >= 0.6 is 7.37 Å². The van der Waals surface area contributed by atoms with Crippen LogP contribution in [0.1, 0.15) is 26.2 Å². The smallest absolute Gasteiger partial charge is 0.253 e. The average Bonchev–Trinajstić information content (AvgIpc) is 1.80. The second kappa shape index (κ2) is 4.12. The monoisotopic (exact) mass is 166 g/mol. The van der Waals surface area contributed by atoms with Gasteiger partial charge in [0.05, 0.1) is 0 Å². The summed E-state index contributed by atoms with van der Waals surface area (Å²) in [6, 6.07) is 0. The van der Waals surface area contributed by atoms with E-state index in [1.54, 1.807) is 0 Å². The summed E-state index contributed by atoms with van der Waals surface area (Å²) in [5, 5.41) is 0. The van der Waals surface area contributed by atoms with Crippen molar-refractivity contribution in [2.45, 2.75) is 32.0 Å². The van der Waals surface area contributed by atoms with Crippen LogP contribution in [-0.2, 0) is 4.57 Å². The van der Waals surface area contributed by atoms with Crippen molar-refractivity contribution in [3.8, 4) is 0 Å². The van der Waals surface area contributed by atoms with Gasteiger partial charge in [-0.25, -0.2) is 0 Å². The van der Waals surface area contributed by atoms with Gasteiger partial charge in [0, 0.05) is 13.1 Å². The lowest BCUT2D eigenvalue weighted by molar-refractivity contribution is -0.392. The van der Waals surface area contributed by atoms with Crippen LogP contribution in [0.2, 0.25) is 0 Å². The SMILES string of the molecule is CCCCC([NH3+])P(C)(=O)O. The van der Waals surface area contributed by atoms with E-state index in [9.17, 15) is 4.57 Å². The van der Waals surface area contributed by atoms with Crippen LogP contribution < -0.4 is 5.73 Å². The van der Waals surface area contributed by atoms with E-state index in [0.717, 1.165) is 19.3 Å². The van der Waals surface area contributed by atoms with Gasteiger partial charge in [-0.1, -0.05) is 13.3 Å². The van der Waals surface area contributed by atoms with Crippen LogP contribution in [0.15, 0.2) is 0 Å². The van der Waals surface area contributed by atoms with Crippen LogP contribution in [0.5, 0.6) is 0 Å². The number of hydrogen-bond acceptors (Lipinski definition) is 1. The van der Waals surface area contributed by atoms with Crippen molar-refractivity contribution in [1.29, 1.82) is 0 Å². The highest BCUT2D eigenvalue weighted by Crippen LogP contribution is 2.39. The maximum atomic E-state index is 10.9. The first-order valence-electron chi connectivity index (χ1n) is 3.61. The minimum absolute atomic E-state index is 0.271. The van der Waals surface area contributed by atoms with E-state index in [4.69, 9.17) is 4.89 Å². The second-order valence-electron chi connectivity index (χ2n) is 2.74. The van der Waals surface area contributed by atoms with Crippen LogP contribution in [-0.4, -0.2) is 17.3 Å². The molecule has 0 fully saturated rings.